The summed E-state index contributed by atoms with van der Waals surface area (Å²) in [5.74, 6) is 0.868. The lowest BCUT2D eigenvalue weighted by Crippen LogP contribution is -2.11. The Kier molecular flexibility index (Phi) is 4.39. The Bertz CT molecular complexity index is 638. The average molecular weight is 287 g/mol. The van der Waals surface area contributed by atoms with E-state index in [4.69, 9.17) is 9.42 Å². The molecular formula is C15H21N3OSi+. The third kappa shape index (κ3) is 3.36. The molecule has 0 fully saturated rings. The molecule has 0 aliphatic heterocycles. The molecule has 0 unspecified atom stereocenters. The summed E-state index contributed by atoms with van der Waals surface area (Å²) >= 11 is 0. The number of benzene rings is 1. The van der Waals surface area contributed by atoms with Crippen molar-refractivity contribution in [3.8, 4) is 5.75 Å². The van der Waals surface area contributed by atoms with Gasteiger partial charge >= 0.3 is 1.43 Å². The van der Waals surface area contributed by atoms with E-state index in [0.717, 1.165) is 28.3 Å². The van der Waals surface area contributed by atoms with E-state index >= 15 is 0 Å². The van der Waals surface area contributed by atoms with Gasteiger partial charge in [0.25, 0.3) is 9.04 Å². The molecule has 1 aromatic heterocycles. The monoisotopic (exact) mass is 287 g/mol. The van der Waals surface area contributed by atoms with Gasteiger partial charge < -0.3 is 4.43 Å². The van der Waals surface area contributed by atoms with Crippen molar-refractivity contribution in [1.29, 1.82) is 0 Å². The highest BCUT2D eigenvalue weighted by atomic mass is 28.3. The standard InChI is InChI=1S/C15H20N3OSi/c1-11-7-6-8-14(19-20(4)5)15(11)17-12(2)13-9-16-18(3)10-13/h6-10H,1-5H3/p+1. The van der Waals surface area contributed by atoms with Gasteiger partial charge in [-0.25, -0.2) is 4.99 Å². The van der Waals surface area contributed by atoms with Crippen LogP contribution < -0.4 is 4.43 Å². The van der Waals surface area contributed by atoms with Gasteiger partial charge in [-0.3, -0.25) is 4.68 Å². The van der Waals surface area contributed by atoms with E-state index in [9.17, 15) is 0 Å². The van der Waals surface area contributed by atoms with Gasteiger partial charge in [-0.2, -0.15) is 5.10 Å². The van der Waals surface area contributed by atoms with Crippen molar-refractivity contribution in [2.75, 3.05) is 0 Å². The van der Waals surface area contributed by atoms with Gasteiger partial charge in [0.2, 0.25) is 0 Å². The van der Waals surface area contributed by atoms with Gasteiger partial charge in [0.05, 0.1) is 6.20 Å². The number of nitrogens with zero attached hydrogens (tertiary/aromatic N) is 3. The number of rotatable bonds is 4. The molecule has 1 radical (unpaired) electrons. The molecule has 2 rings (SSSR count). The molecule has 0 saturated carbocycles. The van der Waals surface area contributed by atoms with Crippen LogP contribution >= 0.6 is 0 Å². The second kappa shape index (κ2) is 6.05. The summed E-state index contributed by atoms with van der Waals surface area (Å²) in [6.07, 6.45) is 3.79. The van der Waals surface area contributed by atoms with E-state index in [0.29, 0.717) is 0 Å². The molecule has 0 atom stereocenters. The van der Waals surface area contributed by atoms with E-state index in [1.54, 1.807) is 4.68 Å². The summed E-state index contributed by atoms with van der Waals surface area (Å²) in [5, 5.41) is 4.18. The van der Waals surface area contributed by atoms with Crippen molar-refractivity contribution in [1.82, 2.24) is 9.78 Å². The smallest absolute Gasteiger partial charge is 0.541 e. The fourth-order valence-corrected chi connectivity index (χ4v) is 2.52. The zero-order chi connectivity index (χ0) is 14.7. The largest absolute Gasteiger partial charge is 1.00 e. The van der Waals surface area contributed by atoms with Crippen molar-refractivity contribution in [3.05, 3.63) is 41.7 Å². The Morgan fingerprint density at radius 2 is 2.15 bits per heavy atom. The molecule has 0 aliphatic carbocycles. The predicted molar refractivity (Wildman–Crippen MR) is 85.5 cm³/mol. The van der Waals surface area contributed by atoms with Gasteiger partial charge in [-0.05, 0) is 38.6 Å². The summed E-state index contributed by atoms with van der Waals surface area (Å²) in [6.45, 7) is 8.29. The van der Waals surface area contributed by atoms with Crippen LogP contribution in [0.1, 0.15) is 19.5 Å². The summed E-state index contributed by atoms with van der Waals surface area (Å²) in [4.78, 5) is 4.75. The second-order valence-electron chi connectivity index (χ2n) is 5.03. The van der Waals surface area contributed by atoms with E-state index in [-0.39, 0.29) is 1.43 Å². The van der Waals surface area contributed by atoms with Gasteiger partial charge in [0.15, 0.2) is 0 Å². The minimum atomic E-state index is -0.806. The van der Waals surface area contributed by atoms with Gasteiger partial charge in [-0.1, -0.05) is 12.1 Å². The number of hydrogen-bond donors (Lipinski definition) is 0. The lowest BCUT2D eigenvalue weighted by atomic mass is 10.1. The molecule has 0 amide bonds. The van der Waals surface area contributed by atoms with E-state index in [2.05, 4.69) is 31.2 Å². The maximum atomic E-state index is 5.94. The molecule has 105 valence electrons. The molecule has 0 spiro atoms. The summed E-state index contributed by atoms with van der Waals surface area (Å²) in [5.41, 5.74) is 4.01. The fraction of sp³-hybridized carbons (Fsp3) is 0.333. The van der Waals surface area contributed by atoms with E-state index in [1.165, 1.54) is 0 Å². The van der Waals surface area contributed by atoms with Crippen LogP contribution in [0.5, 0.6) is 5.75 Å². The topological polar surface area (TPSA) is 39.4 Å². The molecule has 5 heteroatoms. The molecule has 4 nitrogen and oxygen atoms in total. The lowest BCUT2D eigenvalue weighted by molar-refractivity contribution is 0.581. The first-order chi connectivity index (χ1) is 9.47. The zero-order valence-corrected chi connectivity index (χ0v) is 13.6. The Balaban J connectivity index is 0.00000220. The van der Waals surface area contributed by atoms with Crippen molar-refractivity contribution < 1.29 is 5.85 Å². The summed E-state index contributed by atoms with van der Waals surface area (Å²) in [7, 11) is 1.10. The van der Waals surface area contributed by atoms with Crippen LogP contribution in [0.25, 0.3) is 0 Å². The molecule has 0 N–H and O–H groups in total. The summed E-state index contributed by atoms with van der Waals surface area (Å²) < 4.78 is 7.72. The molecule has 2 aromatic rings. The first kappa shape index (κ1) is 14.5. The summed E-state index contributed by atoms with van der Waals surface area (Å²) in [6, 6.07) is 6.05. The normalized spacial score (nSPS) is 12.0. The quantitative estimate of drug-likeness (QED) is 0.636. The Morgan fingerprint density at radius 1 is 1.40 bits per heavy atom. The van der Waals surface area contributed by atoms with Crippen LogP contribution in [0.15, 0.2) is 35.6 Å². The van der Waals surface area contributed by atoms with Crippen LogP contribution in [0.2, 0.25) is 13.1 Å². The highest BCUT2D eigenvalue weighted by molar-refractivity contribution is 6.49. The van der Waals surface area contributed by atoms with Crippen LogP contribution in [-0.2, 0) is 7.05 Å². The van der Waals surface area contributed by atoms with E-state index in [1.807, 2.05) is 38.5 Å². The number of aromatic nitrogens is 2. The van der Waals surface area contributed by atoms with Crippen molar-refractivity contribution in [2.45, 2.75) is 26.9 Å². The van der Waals surface area contributed by atoms with Crippen LogP contribution in [-0.4, -0.2) is 24.5 Å². The molecule has 0 bridgehead atoms. The molecule has 0 aliphatic rings. The zero-order valence-electron chi connectivity index (χ0n) is 13.6. The minimum absolute atomic E-state index is 0. The van der Waals surface area contributed by atoms with Crippen molar-refractivity contribution >= 4 is 20.4 Å². The molecule has 1 heterocycles. The lowest BCUT2D eigenvalue weighted by Gasteiger charge is -2.13. The van der Waals surface area contributed by atoms with Gasteiger partial charge in [0, 0.05) is 24.5 Å². The van der Waals surface area contributed by atoms with Gasteiger partial charge in [-0.15, -0.1) is 0 Å². The highest BCUT2D eigenvalue weighted by Gasteiger charge is 2.10. The van der Waals surface area contributed by atoms with Crippen LogP contribution in [0.3, 0.4) is 0 Å². The Hall–Kier alpha value is -1.88. The second-order valence-corrected chi connectivity index (χ2v) is 7.05. The SMILES string of the molecule is CC(=Nc1c(C)cccc1O[Si](C)C)c1cnn(C)c1.[H+]. The molecule has 1 aromatic carbocycles. The third-order valence-corrected chi connectivity index (χ3v) is 3.55. The molecular weight excluding hydrogens is 266 g/mol. The number of hydrogen-bond acceptors (Lipinski definition) is 3. The Labute approximate surface area is 123 Å². The van der Waals surface area contributed by atoms with Crippen LogP contribution in [0, 0.1) is 6.92 Å². The van der Waals surface area contributed by atoms with Crippen molar-refractivity contribution in [2.24, 2.45) is 12.0 Å². The third-order valence-electron chi connectivity index (χ3n) is 2.92. The first-order valence-corrected chi connectivity index (χ1v) is 9.00. The molecule has 0 saturated heterocycles. The number of para-hydroxylation sites is 1. The van der Waals surface area contributed by atoms with Crippen LogP contribution in [0.4, 0.5) is 5.69 Å². The average Bonchev–Trinajstić information content (AvgIpc) is 2.79. The minimum Gasteiger partial charge on any atom is -0.541 e. The van der Waals surface area contributed by atoms with E-state index < -0.39 is 9.04 Å². The number of aryl methyl sites for hydroxylation is 2. The molecule has 20 heavy (non-hydrogen) atoms. The number of aliphatic imine (C=N–C) groups is 1. The highest BCUT2D eigenvalue weighted by Crippen LogP contribution is 2.32. The maximum Gasteiger partial charge on any atom is 1.00 e. The predicted octanol–water partition coefficient (Wildman–Crippen LogP) is 3.61. The van der Waals surface area contributed by atoms with Crippen molar-refractivity contribution in [3.63, 3.8) is 0 Å². The Morgan fingerprint density at radius 3 is 2.75 bits per heavy atom. The maximum absolute atomic E-state index is 5.94. The fourth-order valence-electron chi connectivity index (χ4n) is 1.92. The van der Waals surface area contributed by atoms with Gasteiger partial charge in [0.1, 0.15) is 11.4 Å². The first-order valence-electron chi connectivity index (χ1n) is 6.59.